The Balaban J connectivity index is 1.39. The van der Waals surface area contributed by atoms with Crippen molar-refractivity contribution in [2.45, 2.75) is 31.3 Å². The number of benzene rings is 1. The van der Waals surface area contributed by atoms with Gasteiger partial charge in [-0.1, -0.05) is 34.8 Å². The number of hydrogen-bond acceptors (Lipinski definition) is 6. The van der Waals surface area contributed by atoms with Crippen molar-refractivity contribution in [1.82, 2.24) is 19.4 Å². The second kappa shape index (κ2) is 7.41. The number of rotatable bonds is 4. The maximum Gasteiger partial charge on any atom is 0.410 e. The van der Waals surface area contributed by atoms with Crippen LogP contribution in [0.2, 0.25) is 0 Å². The molecule has 4 rings (SSSR count). The van der Waals surface area contributed by atoms with Crippen LogP contribution in [0.1, 0.15) is 28.9 Å². The molecule has 2 aromatic rings. The minimum atomic E-state index is -0.237. The van der Waals surface area contributed by atoms with E-state index in [-0.39, 0.29) is 24.1 Å². The standard InChI is InChI=1S/C18H20N4O3S/c23-17(16-12-26-20-19-16)21-8-6-14(7-9-21)22-15(11-25-18(22)24)10-13-4-2-1-3-5-13/h1-5,12,14-15H,6-11H2/t15-/m1/s1. The molecule has 0 bridgehead atoms. The molecule has 2 aliphatic heterocycles. The van der Waals surface area contributed by atoms with Gasteiger partial charge in [-0.3, -0.25) is 9.69 Å². The van der Waals surface area contributed by atoms with Crippen molar-refractivity contribution in [3.63, 3.8) is 0 Å². The Morgan fingerprint density at radius 3 is 2.69 bits per heavy atom. The van der Waals surface area contributed by atoms with Gasteiger partial charge in [0.25, 0.3) is 5.91 Å². The maximum atomic E-state index is 12.4. The summed E-state index contributed by atoms with van der Waals surface area (Å²) in [7, 11) is 0. The molecule has 3 heterocycles. The lowest BCUT2D eigenvalue weighted by Crippen LogP contribution is -2.50. The van der Waals surface area contributed by atoms with Gasteiger partial charge in [-0.25, -0.2) is 4.79 Å². The topological polar surface area (TPSA) is 75.6 Å². The van der Waals surface area contributed by atoms with E-state index < -0.39 is 0 Å². The Labute approximate surface area is 155 Å². The zero-order valence-electron chi connectivity index (χ0n) is 14.3. The highest BCUT2D eigenvalue weighted by Gasteiger charge is 2.40. The van der Waals surface area contributed by atoms with Gasteiger partial charge in [-0.2, -0.15) is 0 Å². The quantitative estimate of drug-likeness (QED) is 0.822. The molecule has 0 saturated carbocycles. The summed E-state index contributed by atoms with van der Waals surface area (Å²) in [6.07, 6.45) is 2.06. The van der Waals surface area contributed by atoms with Gasteiger partial charge in [0.1, 0.15) is 6.61 Å². The van der Waals surface area contributed by atoms with E-state index in [1.54, 1.807) is 10.3 Å². The van der Waals surface area contributed by atoms with E-state index in [4.69, 9.17) is 4.74 Å². The molecule has 136 valence electrons. The number of aromatic nitrogens is 2. The second-order valence-corrected chi connectivity index (χ2v) is 7.25. The summed E-state index contributed by atoms with van der Waals surface area (Å²) in [5, 5.41) is 5.52. The number of nitrogens with zero attached hydrogens (tertiary/aromatic N) is 4. The van der Waals surface area contributed by atoms with Gasteiger partial charge in [-0.15, -0.1) is 5.10 Å². The average Bonchev–Trinajstić information content (AvgIpc) is 3.33. The van der Waals surface area contributed by atoms with E-state index in [2.05, 4.69) is 21.7 Å². The van der Waals surface area contributed by atoms with Gasteiger partial charge in [0, 0.05) is 24.5 Å². The largest absolute Gasteiger partial charge is 0.447 e. The summed E-state index contributed by atoms with van der Waals surface area (Å²) in [5.74, 6) is -0.0814. The molecule has 2 fully saturated rings. The number of cyclic esters (lactones) is 1. The van der Waals surface area contributed by atoms with Crippen molar-refractivity contribution in [1.29, 1.82) is 0 Å². The van der Waals surface area contributed by atoms with E-state index in [1.165, 1.54) is 17.1 Å². The zero-order valence-corrected chi connectivity index (χ0v) is 15.1. The molecule has 0 spiro atoms. The Hall–Kier alpha value is -2.48. The molecule has 0 unspecified atom stereocenters. The fourth-order valence-electron chi connectivity index (χ4n) is 3.73. The van der Waals surface area contributed by atoms with Gasteiger partial charge in [-0.05, 0) is 36.4 Å². The molecule has 8 heteroatoms. The van der Waals surface area contributed by atoms with Gasteiger partial charge in [0.2, 0.25) is 0 Å². The third-order valence-electron chi connectivity index (χ3n) is 5.04. The van der Waals surface area contributed by atoms with E-state index >= 15 is 0 Å². The predicted octanol–water partition coefficient (Wildman–Crippen LogP) is 2.21. The van der Waals surface area contributed by atoms with Crippen molar-refractivity contribution in [3.8, 4) is 0 Å². The van der Waals surface area contributed by atoms with Crippen LogP contribution in [-0.4, -0.2) is 63.2 Å². The van der Waals surface area contributed by atoms with Crippen LogP contribution in [0.15, 0.2) is 35.7 Å². The zero-order chi connectivity index (χ0) is 17.9. The van der Waals surface area contributed by atoms with Crippen LogP contribution in [0.5, 0.6) is 0 Å². The highest BCUT2D eigenvalue weighted by Crippen LogP contribution is 2.26. The SMILES string of the molecule is O=C(c1csnn1)N1CCC(N2C(=O)OC[C@H]2Cc2ccccc2)CC1. The number of ether oxygens (including phenoxy) is 1. The van der Waals surface area contributed by atoms with Crippen molar-refractivity contribution >= 4 is 23.5 Å². The van der Waals surface area contributed by atoms with Crippen LogP contribution in [0.3, 0.4) is 0 Å². The van der Waals surface area contributed by atoms with Crippen LogP contribution < -0.4 is 0 Å². The summed E-state index contributed by atoms with van der Waals surface area (Å²) in [5.41, 5.74) is 1.60. The number of hydrogen-bond donors (Lipinski definition) is 0. The first-order valence-electron chi connectivity index (χ1n) is 8.77. The highest BCUT2D eigenvalue weighted by atomic mass is 32.1. The first-order chi connectivity index (χ1) is 12.7. The molecule has 7 nitrogen and oxygen atoms in total. The van der Waals surface area contributed by atoms with E-state index in [0.29, 0.717) is 25.4 Å². The number of likely N-dealkylation sites (tertiary alicyclic amines) is 1. The number of amides is 2. The molecular formula is C18H20N4O3S. The molecule has 1 aromatic heterocycles. The lowest BCUT2D eigenvalue weighted by atomic mass is 9.99. The molecular weight excluding hydrogens is 352 g/mol. The minimum Gasteiger partial charge on any atom is -0.447 e. The lowest BCUT2D eigenvalue weighted by molar-refractivity contribution is 0.0631. The molecule has 0 N–H and O–H groups in total. The molecule has 0 aliphatic carbocycles. The van der Waals surface area contributed by atoms with Crippen LogP contribution in [0.25, 0.3) is 0 Å². The Bertz CT molecular complexity index is 760. The summed E-state index contributed by atoms with van der Waals surface area (Å²) >= 11 is 1.18. The third-order valence-corrected chi connectivity index (χ3v) is 5.55. The maximum absolute atomic E-state index is 12.4. The molecule has 2 amide bonds. The molecule has 0 radical (unpaired) electrons. The summed E-state index contributed by atoms with van der Waals surface area (Å²) in [6, 6.07) is 10.3. The Kier molecular flexibility index (Phi) is 4.83. The lowest BCUT2D eigenvalue weighted by Gasteiger charge is -2.37. The van der Waals surface area contributed by atoms with E-state index in [9.17, 15) is 9.59 Å². The monoisotopic (exact) mass is 372 g/mol. The number of piperidine rings is 1. The number of carbonyl (C=O) groups excluding carboxylic acids is 2. The minimum absolute atomic E-state index is 0.0555. The molecule has 2 aliphatic rings. The molecule has 1 atom stereocenters. The highest BCUT2D eigenvalue weighted by molar-refractivity contribution is 7.03. The van der Waals surface area contributed by atoms with Crippen LogP contribution in [-0.2, 0) is 11.2 Å². The van der Waals surface area contributed by atoms with E-state index in [0.717, 1.165) is 19.3 Å². The van der Waals surface area contributed by atoms with Gasteiger partial charge in [0.15, 0.2) is 5.69 Å². The normalized spacial score (nSPS) is 21.1. The molecule has 1 aromatic carbocycles. The van der Waals surface area contributed by atoms with Crippen molar-refractivity contribution in [2.75, 3.05) is 19.7 Å². The second-order valence-electron chi connectivity index (χ2n) is 6.64. The van der Waals surface area contributed by atoms with Crippen molar-refractivity contribution in [3.05, 3.63) is 47.0 Å². The smallest absolute Gasteiger partial charge is 0.410 e. The van der Waals surface area contributed by atoms with Crippen LogP contribution >= 0.6 is 11.5 Å². The van der Waals surface area contributed by atoms with Crippen LogP contribution in [0, 0.1) is 0 Å². The third kappa shape index (κ3) is 3.41. The first kappa shape index (κ1) is 17.0. The fraction of sp³-hybridized carbons (Fsp3) is 0.444. The first-order valence-corrected chi connectivity index (χ1v) is 9.61. The summed E-state index contributed by atoms with van der Waals surface area (Å²) in [6.45, 7) is 1.66. The average molecular weight is 372 g/mol. The van der Waals surface area contributed by atoms with Crippen LogP contribution in [0.4, 0.5) is 4.79 Å². The van der Waals surface area contributed by atoms with Gasteiger partial charge in [0.05, 0.1) is 6.04 Å². The Morgan fingerprint density at radius 1 is 1.23 bits per heavy atom. The Morgan fingerprint density at radius 2 is 2.00 bits per heavy atom. The number of carbonyl (C=O) groups is 2. The van der Waals surface area contributed by atoms with Crippen molar-refractivity contribution in [2.24, 2.45) is 0 Å². The molecule has 26 heavy (non-hydrogen) atoms. The fourth-order valence-corrected chi connectivity index (χ4v) is 4.16. The van der Waals surface area contributed by atoms with E-state index in [1.807, 2.05) is 23.1 Å². The van der Waals surface area contributed by atoms with Crippen molar-refractivity contribution < 1.29 is 14.3 Å². The predicted molar refractivity (Wildman–Crippen MR) is 96.0 cm³/mol. The van der Waals surface area contributed by atoms with Gasteiger partial charge < -0.3 is 9.64 Å². The summed E-state index contributed by atoms with van der Waals surface area (Å²) < 4.78 is 9.08. The van der Waals surface area contributed by atoms with Gasteiger partial charge >= 0.3 is 6.09 Å². The molecule has 2 saturated heterocycles. The summed E-state index contributed by atoms with van der Waals surface area (Å²) in [4.78, 5) is 28.3.